The fourth-order valence-electron chi connectivity index (χ4n) is 1.02. The molecule has 0 spiro atoms. The minimum Gasteiger partial charge on any atom is -0.479 e. The van der Waals surface area contributed by atoms with E-state index in [-0.39, 0.29) is 5.41 Å². The van der Waals surface area contributed by atoms with Gasteiger partial charge in [-0.1, -0.05) is 13.8 Å². The monoisotopic (exact) mass is 184 g/mol. The van der Waals surface area contributed by atoms with Gasteiger partial charge in [0.2, 0.25) is 0 Å². The predicted octanol–water partition coefficient (Wildman–Crippen LogP) is 1.21. The zero-order chi connectivity index (χ0) is 9.90. The zero-order valence-electron chi connectivity index (χ0n) is 8.33. The molecule has 4 heteroatoms. The van der Waals surface area contributed by atoms with E-state index >= 15 is 0 Å². The van der Waals surface area contributed by atoms with Crippen LogP contribution in [0.4, 0.5) is 0 Å². The van der Waals surface area contributed by atoms with E-state index in [0.29, 0.717) is 12.4 Å². The van der Waals surface area contributed by atoms with Gasteiger partial charge in [-0.2, -0.15) is 0 Å². The summed E-state index contributed by atoms with van der Waals surface area (Å²) in [6.07, 6.45) is 0.778. The quantitative estimate of drug-likeness (QED) is 0.764. The van der Waals surface area contributed by atoms with Gasteiger partial charge in [-0.25, -0.2) is 0 Å². The van der Waals surface area contributed by atoms with Gasteiger partial charge in [-0.15, -0.1) is 0 Å². The molecule has 0 atom stereocenters. The first kappa shape index (κ1) is 10.1. The Bertz CT molecular complexity index is 268. The van der Waals surface area contributed by atoms with E-state index < -0.39 is 0 Å². The maximum Gasteiger partial charge on any atom is 0.254 e. The molecule has 74 valence electrons. The van der Waals surface area contributed by atoms with Crippen molar-refractivity contribution in [2.24, 2.45) is 11.1 Å². The van der Waals surface area contributed by atoms with Crippen LogP contribution < -0.4 is 10.5 Å². The first-order valence-corrected chi connectivity index (χ1v) is 4.27. The van der Waals surface area contributed by atoms with Crippen molar-refractivity contribution in [2.45, 2.75) is 20.3 Å². The number of methoxy groups -OCH3 is 1. The smallest absolute Gasteiger partial charge is 0.254 e. The lowest BCUT2D eigenvalue weighted by molar-refractivity contribution is 0.291. The molecule has 1 aromatic rings. The summed E-state index contributed by atoms with van der Waals surface area (Å²) in [5, 5.41) is 3.72. The molecule has 0 amide bonds. The molecule has 4 nitrogen and oxygen atoms in total. The average molecular weight is 184 g/mol. The van der Waals surface area contributed by atoms with E-state index in [0.717, 1.165) is 12.2 Å². The van der Waals surface area contributed by atoms with Crippen LogP contribution in [0.5, 0.6) is 5.88 Å². The molecule has 1 heterocycles. The maximum atomic E-state index is 5.60. The summed E-state index contributed by atoms with van der Waals surface area (Å²) >= 11 is 0. The summed E-state index contributed by atoms with van der Waals surface area (Å²) < 4.78 is 9.97. The highest BCUT2D eigenvalue weighted by Gasteiger charge is 2.19. The summed E-state index contributed by atoms with van der Waals surface area (Å²) in [4.78, 5) is 0. The van der Waals surface area contributed by atoms with Crippen LogP contribution in [0.3, 0.4) is 0 Å². The van der Waals surface area contributed by atoms with E-state index in [9.17, 15) is 0 Å². The summed E-state index contributed by atoms with van der Waals surface area (Å²) in [6.45, 7) is 4.79. The van der Waals surface area contributed by atoms with E-state index in [4.69, 9.17) is 15.0 Å². The van der Waals surface area contributed by atoms with Gasteiger partial charge >= 0.3 is 0 Å². The Morgan fingerprint density at radius 2 is 2.31 bits per heavy atom. The molecule has 0 aliphatic heterocycles. The van der Waals surface area contributed by atoms with Gasteiger partial charge in [-0.3, -0.25) is 0 Å². The van der Waals surface area contributed by atoms with E-state index in [2.05, 4.69) is 19.0 Å². The molecular weight excluding hydrogens is 168 g/mol. The van der Waals surface area contributed by atoms with E-state index in [1.165, 1.54) is 0 Å². The Morgan fingerprint density at radius 3 is 2.77 bits per heavy atom. The third kappa shape index (κ3) is 2.73. The molecule has 0 saturated carbocycles. The Labute approximate surface area is 78.0 Å². The third-order valence-electron chi connectivity index (χ3n) is 1.95. The van der Waals surface area contributed by atoms with Crippen molar-refractivity contribution in [1.29, 1.82) is 0 Å². The summed E-state index contributed by atoms with van der Waals surface area (Å²) in [7, 11) is 1.57. The molecule has 0 aliphatic rings. The van der Waals surface area contributed by atoms with Crippen molar-refractivity contribution in [1.82, 2.24) is 5.16 Å². The highest BCUT2D eigenvalue weighted by Crippen LogP contribution is 2.22. The largest absolute Gasteiger partial charge is 0.479 e. The van der Waals surface area contributed by atoms with Crippen LogP contribution in [-0.2, 0) is 6.42 Å². The fraction of sp³-hybridized carbons (Fsp3) is 0.667. The molecule has 1 aromatic heterocycles. The SMILES string of the molecule is COc1cc(CC(C)(C)CN)on1. The van der Waals surface area contributed by atoms with Gasteiger partial charge in [0.05, 0.1) is 7.11 Å². The number of nitrogens with zero attached hydrogens (tertiary/aromatic N) is 1. The van der Waals surface area contributed by atoms with Crippen LogP contribution in [0.1, 0.15) is 19.6 Å². The number of aromatic nitrogens is 1. The highest BCUT2D eigenvalue weighted by molar-refractivity contribution is 5.11. The second-order valence-electron chi connectivity index (χ2n) is 3.88. The second-order valence-corrected chi connectivity index (χ2v) is 3.88. The van der Waals surface area contributed by atoms with Crippen LogP contribution >= 0.6 is 0 Å². The Kier molecular flexibility index (Phi) is 2.93. The minimum atomic E-state index is 0.0462. The molecule has 2 N–H and O–H groups in total. The van der Waals surface area contributed by atoms with E-state index in [1.54, 1.807) is 13.2 Å². The molecule has 0 radical (unpaired) electrons. The highest BCUT2D eigenvalue weighted by atomic mass is 16.5. The van der Waals surface area contributed by atoms with Crippen LogP contribution in [0.15, 0.2) is 10.6 Å². The van der Waals surface area contributed by atoms with Crippen LogP contribution in [0, 0.1) is 5.41 Å². The molecule has 0 saturated heterocycles. The Balaban J connectivity index is 2.63. The molecule has 0 unspecified atom stereocenters. The van der Waals surface area contributed by atoms with Gasteiger partial charge < -0.3 is 15.0 Å². The maximum absolute atomic E-state index is 5.60. The lowest BCUT2D eigenvalue weighted by Crippen LogP contribution is -2.25. The third-order valence-corrected chi connectivity index (χ3v) is 1.95. The molecule has 13 heavy (non-hydrogen) atoms. The Hall–Kier alpha value is -1.03. The van der Waals surface area contributed by atoms with Crippen LogP contribution in [0.25, 0.3) is 0 Å². The summed E-state index contributed by atoms with van der Waals surface area (Å²) in [5.41, 5.74) is 5.65. The summed E-state index contributed by atoms with van der Waals surface area (Å²) in [6, 6.07) is 1.79. The lowest BCUT2D eigenvalue weighted by Gasteiger charge is -2.19. The van der Waals surface area contributed by atoms with Crippen molar-refractivity contribution in [2.75, 3.05) is 13.7 Å². The van der Waals surface area contributed by atoms with Crippen molar-refractivity contribution < 1.29 is 9.26 Å². The minimum absolute atomic E-state index is 0.0462. The topological polar surface area (TPSA) is 61.3 Å². The first-order chi connectivity index (χ1) is 6.07. The molecule has 1 rings (SSSR count). The van der Waals surface area contributed by atoms with Crippen molar-refractivity contribution in [3.8, 4) is 5.88 Å². The van der Waals surface area contributed by atoms with Gasteiger partial charge in [-0.05, 0) is 17.1 Å². The number of ether oxygens (including phenoxy) is 1. The van der Waals surface area contributed by atoms with Gasteiger partial charge in [0, 0.05) is 12.5 Å². The number of hydrogen-bond donors (Lipinski definition) is 1. The molecule has 0 aromatic carbocycles. The Morgan fingerprint density at radius 1 is 1.62 bits per heavy atom. The summed E-state index contributed by atoms with van der Waals surface area (Å²) in [5.74, 6) is 1.33. The normalized spacial score (nSPS) is 11.7. The number of nitrogens with two attached hydrogens (primary N) is 1. The van der Waals surface area contributed by atoms with Gasteiger partial charge in [0.1, 0.15) is 5.76 Å². The molecule has 0 aliphatic carbocycles. The number of rotatable bonds is 4. The second kappa shape index (κ2) is 3.79. The molecule has 0 fully saturated rings. The predicted molar refractivity (Wildman–Crippen MR) is 49.6 cm³/mol. The average Bonchev–Trinajstić information content (AvgIpc) is 2.52. The molecular formula is C9H16N2O2. The van der Waals surface area contributed by atoms with Crippen molar-refractivity contribution in [3.63, 3.8) is 0 Å². The lowest BCUT2D eigenvalue weighted by atomic mass is 9.88. The number of hydrogen-bond acceptors (Lipinski definition) is 4. The van der Waals surface area contributed by atoms with Gasteiger partial charge in [0.15, 0.2) is 0 Å². The first-order valence-electron chi connectivity index (χ1n) is 4.27. The van der Waals surface area contributed by atoms with Crippen LogP contribution in [0.2, 0.25) is 0 Å². The van der Waals surface area contributed by atoms with Crippen molar-refractivity contribution in [3.05, 3.63) is 11.8 Å². The zero-order valence-corrected chi connectivity index (χ0v) is 8.33. The van der Waals surface area contributed by atoms with E-state index in [1.807, 2.05) is 0 Å². The van der Waals surface area contributed by atoms with Crippen molar-refractivity contribution >= 4 is 0 Å². The van der Waals surface area contributed by atoms with Crippen LogP contribution in [-0.4, -0.2) is 18.8 Å². The van der Waals surface area contributed by atoms with Gasteiger partial charge in [0.25, 0.3) is 5.88 Å². The standard InChI is InChI=1S/C9H16N2O2/c1-9(2,6-10)5-7-4-8(12-3)11-13-7/h4H,5-6,10H2,1-3H3. The fourth-order valence-corrected chi connectivity index (χ4v) is 1.02. The molecule has 0 bridgehead atoms.